The molecule has 2 N–H and O–H groups in total. The van der Waals surface area contributed by atoms with Crippen LogP contribution in [0.15, 0.2) is 0 Å². The first kappa shape index (κ1) is 10.4. The molecule has 0 saturated carbocycles. The second kappa shape index (κ2) is 4.20. The molecule has 0 spiro atoms. The molecule has 0 bridgehead atoms. The van der Waals surface area contributed by atoms with Gasteiger partial charge in [0.25, 0.3) is 5.91 Å². The fourth-order valence-corrected chi connectivity index (χ4v) is 1.94. The third-order valence-corrected chi connectivity index (χ3v) is 2.85. The van der Waals surface area contributed by atoms with E-state index < -0.39 is 0 Å². The van der Waals surface area contributed by atoms with Crippen molar-refractivity contribution in [2.24, 2.45) is 0 Å². The quantitative estimate of drug-likeness (QED) is 0.731. The molecular formula is C9H13ClN4O. The summed E-state index contributed by atoms with van der Waals surface area (Å²) in [6, 6.07) is 0. The number of aromatic nitrogens is 2. The first-order chi connectivity index (χ1) is 7.24. The fourth-order valence-electron chi connectivity index (χ4n) is 1.65. The van der Waals surface area contributed by atoms with Gasteiger partial charge in [0, 0.05) is 20.1 Å². The van der Waals surface area contributed by atoms with E-state index in [2.05, 4.69) is 15.7 Å². The number of amides is 1. The summed E-state index contributed by atoms with van der Waals surface area (Å²) < 4.78 is 1.81. The lowest BCUT2D eigenvalue weighted by atomic mass is 10.3. The minimum absolute atomic E-state index is 0.236. The summed E-state index contributed by atoms with van der Waals surface area (Å²) in [5.74, 6) is -0.236. The molecule has 0 aliphatic carbocycles. The van der Waals surface area contributed by atoms with Gasteiger partial charge in [0.2, 0.25) is 0 Å². The molecule has 2 rings (SSSR count). The summed E-state index contributed by atoms with van der Waals surface area (Å²) in [5.41, 5.74) is 1.21. The number of aryl methyl sites for hydroxylation is 1. The number of hydrogen-bond acceptors (Lipinski definition) is 3. The van der Waals surface area contributed by atoms with Gasteiger partial charge in [-0.05, 0) is 13.0 Å². The second-order valence-electron chi connectivity index (χ2n) is 3.44. The number of fused-ring (bicyclic) bond motifs is 1. The monoisotopic (exact) mass is 228 g/mol. The Morgan fingerprint density at radius 2 is 2.47 bits per heavy atom. The average Bonchev–Trinajstić information content (AvgIpc) is 2.44. The van der Waals surface area contributed by atoms with Gasteiger partial charge in [0.15, 0.2) is 5.69 Å². The molecule has 0 fully saturated rings. The number of nitrogens with one attached hydrogen (secondary N) is 2. The van der Waals surface area contributed by atoms with E-state index in [0.29, 0.717) is 17.3 Å². The van der Waals surface area contributed by atoms with Gasteiger partial charge in [-0.3, -0.25) is 9.48 Å². The van der Waals surface area contributed by atoms with Crippen molar-refractivity contribution in [2.45, 2.75) is 19.5 Å². The summed E-state index contributed by atoms with van der Waals surface area (Å²) in [6.07, 6.45) is 0.998. The van der Waals surface area contributed by atoms with Crippen molar-refractivity contribution < 1.29 is 4.79 Å². The van der Waals surface area contributed by atoms with Crippen LogP contribution >= 0.6 is 11.6 Å². The molecule has 0 aromatic carbocycles. The number of nitrogens with zero attached hydrogens (tertiary/aromatic N) is 2. The van der Waals surface area contributed by atoms with Gasteiger partial charge in [-0.25, -0.2) is 0 Å². The van der Waals surface area contributed by atoms with Crippen LogP contribution in [0.5, 0.6) is 0 Å². The van der Waals surface area contributed by atoms with Gasteiger partial charge in [0.05, 0.1) is 10.7 Å². The lowest BCUT2D eigenvalue weighted by Crippen LogP contribution is -2.19. The van der Waals surface area contributed by atoms with E-state index in [0.717, 1.165) is 25.2 Å². The van der Waals surface area contributed by atoms with Gasteiger partial charge >= 0.3 is 0 Å². The van der Waals surface area contributed by atoms with Crippen LogP contribution in [0.25, 0.3) is 0 Å². The number of hydrogen-bond donors (Lipinski definition) is 2. The summed E-state index contributed by atoms with van der Waals surface area (Å²) in [7, 11) is 1.57. The highest BCUT2D eigenvalue weighted by molar-refractivity contribution is 6.34. The van der Waals surface area contributed by atoms with Crippen LogP contribution < -0.4 is 10.6 Å². The Bertz CT molecular complexity index is 388. The predicted octanol–water partition coefficient (Wildman–Crippen LogP) is 0.389. The molecule has 1 aliphatic rings. The molecule has 2 heterocycles. The van der Waals surface area contributed by atoms with Crippen LogP contribution in [-0.4, -0.2) is 29.3 Å². The zero-order valence-corrected chi connectivity index (χ0v) is 9.26. The molecule has 0 unspecified atom stereocenters. The van der Waals surface area contributed by atoms with Crippen LogP contribution in [0.2, 0.25) is 5.02 Å². The molecule has 82 valence electrons. The summed E-state index contributed by atoms with van der Waals surface area (Å²) in [5, 5.41) is 10.4. The van der Waals surface area contributed by atoms with Gasteiger partial charge in [-0.15, -0.1) is 0 Å². The van der Waals surface area contributed by atoms with Crippen molar-refractivity contribution in [1.82, 2.24) is 20.4 Å². The number of carbonyl (C=O) groups is 1. The van der Waals surface area contributed by atoms with Gasteiger partial charge in [-0.2, -0.15) is 5.10 Å². The summed E-state index contributed by atoms with van der Waals surface area (Å²) >= 11 is 6.10. The van der Waals surface area contributed by atoms with E-state index in [1.807, 2.05) is 4.68 Å². The molecule has 5 nitrogen and oxygen atoms in total. The van der Waals surface area contributed by atoms with Crippen molar-refractivity contribution in [3.05, 3.63) is 16.4 Å². The fraction of sp³-hybridized carbons (Fsp3) is 0.556. The van der Waals surface area contributed by atoms with Gasteiger partial charge in [0.1, 0.15) is 0 Å². The van der Waals surface area contributed by atoms with Crippen LogP contribution in [0.4, 0.5) is 0 Å². The van der Waals surface area contributed by atoms with E-state index >= 15 is 0 Å². The standard InChI is InChI=1S/C9H13ClN4O/c1-11-9(15)8-7(10)6-5-12-3-2-4-14(6)13-8/h12H,2-5H2,1H3,(H,11,15). The molecule has 1 aromatic heterocycles. The molecule has 0 saturated heterocycles. The SMILES string of the molecule is CNC(=O)c1nn2c(c1Cl)CNCCC2. The maximum absolute atomic E-state index is 11.4. The van der Waals surface area contributed by atoms with Gasteiger partial charge < -0.3 is 10.6 Å². The van der Waals surface area contributed by atoms with Crippen LogP contribution in [-0.2, 0) is 13.1 Å². The Hall–Kier alpha value is -1.07. The average molecular weight is 229 g/mol. The number of halogens is 1. The lowest BCUT2D eigenvalue weighted by Gasteiger charge is -1.99. The molecule has 1 amide bonds. The topological polar surface area (TPSA) is 59.0 Å². The highest BCUT2D eigenvalue weighted by atomic mass is 35.5. The maximum atomic E-state index is 11.4. The van der Waals surface area contributed by atoms with E-state index in [1.54, 1.807) is 7.05 Å². The molecule has 0 atom stereocenters. The lowest BCUT2D eigenvalue weighted by molar-refractivity contribution is 0.0957. The summed E-state index contributed by atoms with van der Waals surface area (Å²) in [4.78, 5) is 11.4. The smallest absolute Gasteiger partial charge is 0.273 e. The Labute approximate surface area is 92.8 Å². The zero-order chi connectivity index (χ0) is 10.8. The molecular weight excluding hydrogens is 216 g/mol. The van der Waals surface area contributed by atoms with Crippen molar-refractivity contribution in [3.8, 4) is 0 Å². The van der Waals surface area contributed by atoms with Crippen molar-refractivity contribution >= 4 is 17.5 Å². The maximum Gasteiger partial charge on any atom is 0.273 e. The minimum Gasteiger partial charge on any atom is -0.354 e. The summed E-state index contributed by atoms with van der Waals surface area (Å²) in [6.45, 7) is 2.43. The Kier molecular flexibility index (Phi) is 2.93. The molecule has 0 radical (unpaired) electrons. The van der Waals surface area contributed by atoms with Crippen LogP contribution in [0, 0.1) is 0 Å². The Balaban J connectivity index is 2.40. The first-order valence-electron chi connectivity index (χ1n) is 4.92. The number of carbonyl (C=O) groups excluding carboxylic acids is 1. The highest BCUT2D eigenvalue weighted by Gasteiger charge is 2.21. The van der Waals surface area contributed by atoms with Crippen LogP contribution in [0.1, 0.15) is 22.6 Å². The minimum atomic E-state index is -0.236. The van der Waals surface area contributed by atoms with E-state index in [1.165, 1.54) is 0 Å². The predicted molar refractivity (Wildman–Crippen MR) is 57.0 cm³/mol. The number of rotatable bonds is 1. The molecule has 1 aliphatic heterocycles. The van der Waals surface area contributed by atoms with E-state index in [9.17, 15) is 4.79 Å². The molecule has 6 heteroatoms. The second-order valence-corrected chi connectivity index (χ2v) is 3.82. The zero-order valence-electron chi connectivity index (χ0n) is 8.51. The van der Waals surface area contributed by atoms with Crippen molar-refractivity contribution in [3.63, 3.8) is 0 Å². The molecule has 1 aromatic rings. The Morgan fingerprint density at radius 1 is 1.67 bits per heavy atom. The Morgan fingerprint density at radius 3 is 3.20 bits per heavy atom. The van der Waals surface area contributed by atoms with Crippen molar-refractivity contribution in [2.75, 3.05) is 13.6 Å². The molecule has 15 heavy (non-hydrogen) atoms. The van der Waals surface area contributed by atoms with Crippen molar-refractivity contribution in [1.29, 1.82) is 0 Å². The third kappa shape index (κ3) is 1.85. The van der Waals surface area contributed by atoms with E-state index in [4.69, 9.17) is 11.6 Å². The van der Waals surface area contributed by atoms with Gasteiger partial charge in [-0.1, -0.05) is 11.6 Å². The largest absolute Gasteiger partial charge is 0.354 e. The highest BCUT2D eigenvalue weighted by Crippen LogP contribution is 2.22. The van der Waals surface area contributed by atoms with Crippen LogP contribution in [0.3, 0.4) is 0 Å². The normalized spacial score (nSPS) is 15.6. The van der Waals surface area contributed by atoms with E-state index in [-0.39, 0.29) is 5.91 Å². The first-order valence-corrected chi connectivity index (χ1v) is 5.30. The third-order valence-electron chi connectivity index (χ3n) is 2.45.